The highest BCUT2D eigenvalue weighted by molar-refractivity contribution is 8.00. The van der Waals surface area contributed by atoms with Crippen LogP contribution in [-0.2, 0) is 9.53 Å². The van der Waals surface area contributed by atoms with Gasteiger partial charge in [0, 0.05) is 18.0 Å². The summed E-state index contributed by atoms with van der Waals surface area (Å²) in [5.41, 5.74) is 1.58. The molecule has 0 radical (unpaired) electrons. The van der Waals surface area contributed by atoms with Crippen molar-refractivity contribution in [3.63, 3.8) is 0 Å². The Hall–Kier alpha value is -2.09. The van der Waals surface area contributed by atoms with E-state index >= 15 is 0 Å². The lowest BCUT2D eigenvalue weighted by Crippen LogP contribution is -2.37. The monoisotopic (exact) mass is 420 g/mol. The van der Waals surface area contributed by atoms with Crippen molar-refractivity contribution < 1.29 is 19.0 Å². The second-order valence-corrected chi connectivity index (χ2v) is 7.83. The van der Waals surface area contributed by atoms with Gasteiger partial charge < -0.3 is 24.4 Å². The zero-order chi connectivity index (χ0) is 19.3. The number of hydrogen-bond donors (Lipinski definition) is 1. The summed E-state index contributed by atoms with van der Waals surface area (Å²) < 4.78 is 16.5. The molecule has 8 heteroatoms. The number of para-hydroxylation sites is 1. The number of hydrogen-bond acceptors (Lipinski definition) is 6. The number of ether oxygens (including phenoxy) is 3. The molecule has 6 nitrogen and oxygen atoms in total. The van der Waals surface area contributed by atoms with Crippen molar-refractivity contribution in [2.24, 2.45) is 0 Å². The van der Waals surface area contributed by atoms with Crippen molar-refractivity contribution in [1.82, 2.24) is 0 Å². The SMILES string of the molecule is O=C(CSc1ccc2c(c1)OCCO2)Nc1cccc(Cl)c1N1CCOCC1. The Labute approximate surface area is 173 Å². The zero-order valence-electron chi connectivity index (χ0n) is 15.3. The molecule has 1 N–H and O–H groups in total. The molecule has 0 bridgehead atoms. The highest BCUT2D eigenvalue weighted by Crippen LogP contribution is 2.36. The average molecular weight is 421 g/mol. The molecule has 2 aliphatic rings. The van der Waals surface area contributed by atoms with Crippen LogP contribution in [-0.4, -0.2) is 51.2 Å². The summed E-state index contributed by atoms with van der Waals surface area (Å²) in [6.07, 6.45) is 0. The van der Waals surface area contributed by atoms with E-state index in [1.807, 2.05) is 36.4 Å². The summed E-state index contributed by atoms with van der Waals surface area (Å²) in [6.45, 7) is 3.90. The van der Waals surface area contributed by atoms with E-state index in [0.717, 1.165) is 40.9 Å². The lowest BCUT2D eigenvalue weighted by atomic mass is 10.2. The molecule has 1 fully saturated rings. The summed E-state index contributed by atoms with van der Waals surface area (Å²) >= 11 is 7.87. The predicted octanol–water partition coefficient (Wildman–Crippen LogP) is 3.68. The number of nitrogens with zero attached hydrogens (tertiary/aromatic N) is 1. The van der Waals surface area contributed by atoms with E-state index in [4.69, 9.17) is 25.8 Å². The molecule has 148 valence electrons. The number of nitrogens with one attached hydrogen (secondary N) is 1. The summed E-state index contributed by atoms with van der Waals surface area (Å²) in [6, 6.07) is 11.3. The van der Waals surface area contributed by atoms with Gasteiger partial charge in [0.25, 0.3) is 0 Å². The Kier molecular flexibility index (Phi) is 6.14. The fourth-order valence-corrected chi connectivity index (χ4v) is 4.19. The second-order valence-electron chi connectivity index (χ2n) is 6.38. The molecule has 4 rings (SSSR count). The molecular formula is C20H21ClN2O4S. The maximum atomic E-state index is 12.5. The molecule has 0 aromatic heterocycles. The van der Waals surface area contributed by atoms with Crippen molar-refractivity contribution in [2.75, 3.05) is 55.5 Å². The molecule has 2 aromatic carbocycles. The third-order valence-corrected chi connectivity index (χ3v) is 5.77. The van der Waals surface area contributed by atoms with Gasteiger partial charge >= 0.3 is 0 Å². The Balaban J connectivity index is 1.41. The van der Waals surface area contributed by atoms with Crippen LogP contribution in [0.2, 0.25) is 5.02 Å². The lowest BCUT2D eigenvalue weighted by Gasteiger charge is -2.31. The van der Waals surface area contributed by atoms with Crippen LogP contribution >= 0.6 is 23.4 Å². The van der Waals surface area contributed by atoms with Gasteiger partial charge in [-0.1, -0.05) is 17.7 Å². The molecule has 2 aromatic rings. The first-order valence-corrected chi connectivity index (χ1v) is 10.5. The largest absolute Gasteiger partial charge is 0.486 e. The molecule has 1 amide bonds. The van der Waals surface area contributed by atoms with Gasteiger partial charge in [-0.05, 0) is 30.3 Å². The van der Waals surface area contributed by atoms with E-state index < -0.39 is 0 Å². The lowest BCUT2D eigenvalue weighted by molar-refractivity contribution is -0.113. The van der Waals surface area contributed by atoms with Gasteiger partial charge in [0.15, 0.2) is 11.5 Å². The standard InChI is InChI=1S/C20H21ClN2O4S/c21-15-2-1-3-16(20(15)23-6-8-25-9-7-23)22-19(24)13-28-14-4-5-17-18(12-14)27-11-10-26-17/h1-5,12H,6-11,13H2,(H,22,24). The number of fused-ring (bicyclic) bond motifs is 1. The first-order valence-electron chi connectivity index (χ1n) is 9.14. The van der Waals surface area contributed by atoms with Crippen molar-refractivity contribution in [3.8, 4) is 11.5 Å². The number of carbonyl (C=O) groups excluding carboxylic acids is 1. The number of morpholine rings is 1. The number of amides is 1. The van der Waals surface area contributed by atoms with E-state index in [1.54, 1.807) is 0 Å². The number of benzene rings is 2. The van der Waals surface area contributed by atoms with Gasteiger partial charge in [0.2, 0.25) is 5.91 Å². The quantitative estimate of drug-likeness (QED) is 0.744. The maximum absolute atomic E-state index is 12.5. The highest BCUT2D eigenvalue weighted by Gasteiger charge is 2.19. The first-order chi connectivity index (χ1) is 13.7. The third kappa shape index (κ3) is 4.48. The molecule has 2 heterocycles. The van der Waals surface area contributed by atoms with Crippen molar-refractivity contribution in [1.29, 1.82) is 0 Å². The molecule has 0 atom stereocenters. The average Bonchev–Trinajstić information content (AvgIpc) is 2.73. The van der Waals surface area contributed by atoms with Gasteiger partial charge in [-0.3, -0.25) is 4.79 Å². The van der Waals surface area contributed by atoms with E-state index in [2.05, 4.69) is 10.2 Å². The molecule has 28 heavy (non-hydrogen) atoms. The molecule has 0 unspecified atom stereocenters. The van der Waals surface area contributed by atoms with Crippen LogP contribution in [0.3, 0.4) is 0 Å². The molecular weight excluding hydrogens is 400 g/mol. The summed E-state index contributed by atoms with van der Waals surface area (Å²) in [7, 11) is 0. The van der Waals surface area contributed by atoms with Gasteiger partial charge in [0.1, 0.15) is 13.2 Å². The molecule has 1 saturated heterocycles. The maximum Gasteiger partial charge on any atom is 0.234 e. The predicted molar refractivity (Wildman–Crippen MR) is 111 cm³/mol. The van der Waals surface area contributed by atoms with Gasteiger partial charge in [-0.25, -0.2) is 0 Å². The smallest absolute Gasteiger partial charge is 0.234 e. The van der Waals surface area contributed by atoms with E-state index in [-0.39, 0.29) is 11.7 Å². The van der Waals surface area contributed by atoms with E-state index in [1.165, 1.54) is 11.8 Å². The number of rotatable bonds is 5. The number of thioether (sulfide) groups is 1. The Morgan fingerprint density at radius 3 is 2.68 bits per heavy atom. The Morgan fingerprint density at radius 1 is 1.07 bits per heavy atom. The number of carbonyl (C=O) groups is 1. The van der Waals surface area contributed by atoms with E-state index in [0.29, 0.717) is 31.5 Å². The van der Waals surface area contributed by atoms with Crippen molar-refractivity contribution in [2.45, 2.75) is 4.90 Å². The molecule has 0 spiro atoms. The minimum Gasteiger partial charge on any atom is -0.486 e. The summed E-state index contributed by atoms with van der Waals surface area (Å²) in [5.74, 6) is 1.67. The van der Waals surface area contributed by atoms with Gasteiger partial charge in [-0.15, -0.1) is 11.8 Å². The minimum absolute atomic E-state index is 0.0864. The second kappa shape index (κ2) is 8.94. The van der Waals surface area contributed by atoms with Gasteiger partial charge in [0.05, 0.1) is 35.4 Å². The van der Waals surface area contributed by atoms with Crippen LogP contribution in [0.25, 0.3) is 0 Å². The summed E-state index contributed by atoms with van der Waals surface area (Å²) in [5, 5.41) is 3.62. The highest BCUT2D eigenvalue weighted by atomic mass is 35.5. The van der Waals surface area contributed by atoms with Crippen LogP contribution in [0.4, 0.5) is 11.4 Å². The molecule has 2 aliphatic heterocycles. The number of anilines is 2. The van der Waals surface area contributed by atoms with Crippen LogP contribution < -0.4 is 19.7 Å². The van der Waals surface area contributed by atoms with E-state index in [9.17, 15) is 4.79 Å². The molecule has 0 saturated carbocycles. The van der Waals surface area contributed by atoms with Crippen LogP contribution in [0, 0.1) is 0 Å². The van der Waals surface area contributed by atoms with Crippen LogP contribution in [0.5, 0.6) is 11.5 Å². The van der Waals surface area contributed by atoms with Gasteiger partial charge in [-0.2, -0.15) is 0 Å². The fraction of sp³-hybridized carbons (Fsp3) is 0.350. The number of halogens is 1. The molecule has 0 aliphatic carbocycles. The summed E-state index contributed by atoms with van der Waals surface area (Å²) in [4.78, 5) is 15.7. The van der Waals surface area contributed by atoms with Crippen LogP contribution in [0.15, 0.2) is 41.3 Å². The normalized spacial score (nSPS) is 16.0. The minimum atomic E-state index is -0.0864. The first kappa shape index (κ1) is 19.2. The third-order valence-electron chi connectivity index (χ3n) is 4.47. The Morgan fingerprint density at radius 2 is 1.86 bits per heavy atom. The zero-order valence-corrected chi connectivity index (χ0v) is 16.9. The topological polar surface area (TPSA) is 60.0 Å². The van der Waals surface area contributed by atoms with Crippen LogP contribution in [0.1, 0.15) is 0 Å². The van der Waals surface area contributed by atoms with Crippen molar-refractivity contribution in [3.05, 3.63) is 41.4 Å². The fourth-order valence-electron chi connectivity index (χ4n) is 3.17. The van der Waals surface area contributed by atoms with Crippen molar-refractivity contribution >= 4 is 40.6 Å². The Bertz CT molecular complexity index is 858.